The second-order valence-electron chi connectivity index (χ2n) is 2.88. The van der Waals surface area contributed by atoms with Gasteiger partial charge in [0.1, 0.15) is 17.6 Å². The molecule has 88 valence electrons. The van der Waals surface area contributed by atoms with Gasteiger partial charge in [0, 0.05) is 12.6 Å². The fraction of sp³-hybridized carbons (Fsp3) is 0.375. The minimum Gasteiger partial charge on any atom is -0.370 e. The van der Waals surface area contributed by atoms with E-state index in [4.69, 9.17) is 27.8 Å². The van der Waals surface area contributed by atoms with Crippen molar-refractivity contribution in [2.45, 2.75) is 0 Å². The molecule has 16 heavy (non-hydrogen) atoms. The summed E-state index contributed by atoms with van der Waals surface area (Å²) >= 11 is 5.67. The summed E-state index contributed by atoms with van der Waals surface area (Å²) in [5.41, 5.74) is 10.3. The van der Waals surface area contributed by atoms with E-state index in [0.717, 1.165) is 0 Å². The first-order valence-electron chi connectivity index (χ1n) is 4.48. The topological polar surface area (TPSA) is 116 Å². The number of hydrogen-bond donors (Lipinski definition) is 3. The van der Waals surface area contributed by atoms with Crippen molar-refractivity contribution in [1.82, 2.24) is 9.97 Å². The minimum atomic E-state index is -0.505. The predicted octanol–water partition coefficient (Wildman–Crippen LogP) is -0.374. The standard InChI is InChI=1S/C8H12ClN5O2/c9-5-3-7(14-8(11)13-5)12-1-2-16-4-6(10)15/h3H,1-2,4H2,(H2,10,15)(H3,11,12,13,14). The molecule has 0 saturated heterocycles. The maximum Gasteiger partial charge on any atom is 0.243 e. The number of amides is 1. The average molecular weight is 246 g/mol. The molecule has 0 aliphatic rings. The third kappa shape index (κ3) is 4.76. The monoisotopic (exact) mass is 245 g/mol. The van der Waals surface area contributed by atoms with Gasteiger partial charge in [-0.05, 0) is 0 Å². The number of anilines is 2. The zero-order valence-corrected chi connectivity index (χ0v) is 9.20. The number of nitrogens with two attached hydrogens (primary N) is 2. The van der Waals surface area contributed by atoms with E-state index in [1.807, 2.05) is 0 Å². The lowest BCUT2D eigenvalue weighted by molar-refractivity contribution is -0.122. The molecule has 8 heteroatoms. The minimum absolute atomic E-state index is 0.0908. The Morgan fingerprint density at radius 2 is 2.31 bits per heavy atom. The molecule has 5 N–H and O–H groups in total. The zero-order valence-electron chi connectivity index (χ0n) is 8.44. The number of ether oxygens (including phenoxy) is 1. The van der Waals surface area contributed by atoms with E-state index in [9.17, 15) is 4.79 Å². The van der Waals surface area contributed by atoms with Gasteiger partial charge in [0.05, 0.1) is 6.61 Å². The van der Waals surface area contributed by atoms with Gasteiger partial charge in [-0.3, -0.25) is 4.79 Å². The molecule has 1 rings (SSSR count). The van der Waals surface area contributed by atoms with Crippen molar-refractivity contribution in [3.8, 4) is 0 Å². The Bertz CT molecular complexity index is 353. The van der Waals surface area contributed by atoms with Gasteiger partial charge in [0.25, 0.3) is 0 Å². The molecule has 0 aliphatic heterocycles. The smallest absolute Gasteiger partial charge is 0.243 e. The summed E-state index contributed by atoms with van der Waals surface area (Å²) in [5, 5.41) is 3.16. The molecule has 1 aromatic rings. The van der Waals surface area contributed by atoms with Crippen molar-refractivity contribution in [2.24, 2.45) is 5.73 Å². The number of aromatic nitrogens is 2. The number of carbonyl (C=O) groups is 1. The molecule has 0 aliphatic carbocycles. The molecule has 0 atom stereocenters. The van der Waals surface area contributed by atoms with Crippen LogP contribution < -0.4 is 16.8 Å². The van der Waals surface area contributed by atoms with Gasteiger partial charge >= 0.3 is 0 Å². The van der Waals surface area contributed by atoms with E-state index in [2.05, 4.69) is 15.3 Å². The number of halogens is 1. The summed E-state index contributed by atoms with van der Waals surface area (Å²) in [6, 6.07) is 1.53. The van der Waals surface area contributed by atoms with Crippen LogP contribution in [-0.4, -0.2) is 35.6 Å². The molecule has 0 aromatic carbocycles. The third-order valence-corrected chi connectivity index (χ3v) is 1.70. The normalized spacial score (nSPS) is 10.1. The fourth-order valence-corrected chi connectivity index (χ4v) is 1.14. The van der Waals surface area contributed by atoms with E-state index < -0.39 is 5.91 Å². The second-order valence-corrected chi connectivity index (χ2v) is 3.27. The van der Waals surface area contributed by atoms with Crippen LogP contribution in [0, 0.1) is 0 Å². The van der Waals surface area contributed by atoms with Gasteiger partial charge in [-0.1, -0.05) is 11.6 Å². The Kier molecular flexibility index (Phi) is 4.74. The Morgan fingerprint density at radius 1 is 1.56 bits per heavy atom. The quantitative estimate of drug-likeness (QED) is 0.465. The zero-order chi connectivity index (χ0) is 12.0. The number of nitrogen functional groups attached to an aromatic ring is 1. The van der Waals surface area contributed by atoms with E-state index >= 15 is 0 Å². The van der Waals surface area contributed by atoms with Crippen LogP contribution in [0.1, 0.15) is 0 Å². The highest BCUT2D eigenvalue weighted by Crippen LogP contribution is 2.11. The van der Waals surface area contributed by atoms with Crippen LogP contribution in [0.2, 0.25) is 5.15 Å². The molecule has 0 unspecified atom stereocenters. The number of nitrogens with one attached hydrogen (secondary N) is 1. The number of hydrogen-bond acceptors (Lipinski definition) is 6. The van der Waals surface area contributed by atoms with Crippen molar-refractivity contribution < 1.29 is 9.53 Å². The molecule has 1 heterocycles. The molecule has 7 nitrogen and oxygen atoms in total. The first kappa shape index (κ1) is 12.5. The largest absolute Gasteiger partial charge is 0.370 e. The SMILES string of the molecule is NC(=O)COCCNc1cc(Cl)nc(N)n1. The van der Waals surface area contributed by atoms with E-state index in [1.54, 1.807) is 0 Å². The molecule has 0 radical (unpaired) electrons. The van der Waals surface area contributed by atoms with E-state index in [1.165, 1.54) is 6.07 Å². The maximum absolute atomic E-state index is 10.3. The van der Waals surface area contributed by atoms with Crippen LogP contribution >= 0.6 is 11.6 Å². The van der Waals surface area contributed by atoms with Crippen LogP contribution in [0.5, 0.6) is 0 Å². The van der Waals surface area contributed by atoms with Crippen LogP contribution in [0.25, 0.3) is 0 Å². The van der Waals surface area contributed by atoms with Gasteiger partial charge in [-0.15, -0.1) is 0 Å². The second kappa shape index (κ2) is 6.09. The number of primary amides is 1. The molecule has 0 fully saturated rings. The first-order chi connectivity index (χ1) is 7.58. The summed E-state index contributed by atoms with van der Waals surface area (Å²) < 4.78 is 4.93. The lowest BCUT2D eigenvalue weighted by atomic mass is 10.5. The number of rotatable bonds is 6. The lowest BCUT2D eigenvalue weighted by Gasteiger charge is -2.06. The highest BCUT2D eigenvalue weighted by Gasteiger charge is 1.99. The van der Waals surface area contributed by atoms with Crippen molar-refractivity contribution in [3.05, 3.63) is 11.2 Å². The van der Waals surface area contributed by atoms with Gasteiger partial charge in [-0.2, -0.15) is 4.98 Å². The third-order valence-electron chi connectivity index (χ3n) is 1.51. The Morgan fingerprint density at radius 3 is 2.94 bits per heavy atom. The summed E-state index contributed by atoms with van der Waals surface area (Å²) in [6.45, 7) is 0.679. The number of nitrogens with zero attached hydrogens (tertiary/aromatic N) is 2. The summed E-state index contributed by atoms with van der Waals surface area (Å²) in [5.74, 6) is 0.0857. The molecule has 0 saturated carbocycles. The van der Waals surface area contributed by atoms with Crippen molar-refractivity contribution >= 4 is 29.3 Å². The lowest BCUT2D eigenvalue weighted by Crippen LogP contribution is -2.20. The average Bonchev–Trinajstić information content (AvgIpc) is 2.15. The van der Waals surface area contributed by atoms with Gasteiger partial charge in [0.15, 0.2) is 0 Å². The van der Waals surface area contributed by atoms with Gasteiger partial charge in [-0.25, -0.2) is 4.98 Å². The Labute approximate surface area is 97.1 Å². The van der Waals surface area contributed by atoms with Crippen LogP contribution in [0.4, 0.5) is 11.8 Å². The van der Waals surface area contributed by atoms with Crippen molar-refractivity contribution in [1.29, 1.82) is 0 Å². The van der Waals surface area contributed by atoms with Gasteiger partial charge in [0.2, 0.25) is 11.9 Å². The summed E-state index contributed by atoms with van der Waals surface area (Å²) in [6.07, 6.45) is 0. The van der Waals surface area contributed by atoms with Gasteiger partial charge < -0.3 is 21.5 Å². The van der Waals surface area contributed by atoms with Crippen LogP contribution in [0.15, 0.2) is 6.07 Å². The van der Waals surface area contributed by atoms with Crippen molar-refractivity contribution in [3.63, 3.8) is 0 Å². The first-order valence-corrected chi connectivity index (χ1v) is 4.85. The molecular weight excluding hydrogens is 234 g/mol. The Hall–Kier alpha value is -1.60. The maximum atomic E-state index is 10.3. The van der Waals surface area contributed by atoms with Crippen molar-refractivity contribution in [2.75, 3.05) is 30.8 Å². The van der Waals surface area contributed by atoms with E-state index in [0.29, 0.717) is 19.0 Å². The molecule has 0 bridgehead atoms. The predicted molar refractivity (Wildman–Crippen MR) is 60.0 cm³/mol. The summed E-state index contributed by atoms with van der Waals surface area (Å²) in [7, 11) is 0. The Balaban J connectivity index is 2.29. The highest BCUT2D eigenvalue weighted by atomic mass is 35.5. The van der Waals surface area contributed by atoms with Crippen LogP contribution in [-0.2, 0) is 9.53 Å². The molecular formula is C8H12ClN5O2. The summed E-state index contributed by atoms with van der Waals surface area (Å²) in [4.78, 5) is 17.9. The molecule has 0 spiro atoms. The number of carbonyl (C=O) groups excluding carboxylic acids is 1. The molecule has 1 amide bonds. The van der Waals surface area contributed by atoms with Crippen LogP contribution in [0.3, 0.4) is 0 Å². The van der Waals surface area contributed by atoms with E-state index in [-0.39, 0.29) is 17.7 Å². The molecule has 1 aromatic heterocycles. The fourth-order valence-electron chi connectivity index (χ4n) is 0.950. The highest BCUT2D eigenvalue weighted by molar-refractivity contribution is 6.29.